The van der Waals surface area contributed by atoms with Crippen LogP contribution in [0.25, 0.3) is 0 Å². The van der Waals surface area contributed by atoms with Crippen molar-refractivity contribution in [2.45, 2.75) is 25.4 Å². The van der Waals surface area contributed by atoms with Crippen LogP contribution >= 0.6 is 0 Å². The SMILES string of the molecule is CN1C(=O)CC[C@H](CNCc2ccc(C#N)o2)[C@H]1c1nccn1C. The maximum Gasteiger partial charge on any atom is 0.222 e. The highest BCUT2D eigenvalue weighted by Gasteiger charge is 2.36. The number of aryl methyl sites for hydroxylation is 1. The van der Waals surface area contributed by atoms with Gasteiger partial charge in [-0.25, -0.2) is 4.98 Å². The quantitative estimate of drug-likeness (QED) is 0.901. The van der Waals surface area contributed by atoms with Gasteiger partial charge in [-0.1, -0.05) is 0 Å². The Balaban J connectivity index is 1.67. The molecular weight excluding hydrogens is 306 g/mol. The van der Waals surface area contributed by atoms with Gasteiger partial charge in [-0.05, 0) is 24.5 Å². The lowest BCUT2D eigenvalue weighted by atomic mass is 9.88. The average Bonchev–Trinajstić information content (AvgIpc) is 3.20. The van der Waals surface area contributed by atoms with Crippen LogP contribution in [-0.2, 0) is 18.4 Å². The average molecular weight is 327 g/mol. The Bertz CT molecular complexity index is 757. The predicted molar refractivity (Wildman–Crippen MR) is 86.6 cm³/mol. The van der Waals surface area contributed by atoms with Crippen molar-refractivity contribution < 1.29 is 9.21 Å². The minimum absolute atomic E-state index is 0.0370. The number of amides is 1. The molecule has 2 atom stereocenters. The van der Waals surface area contributed by atoms with Crippen molar-refractivity contribution in [1.29, 1.82) is 5.26 Å². The third-order valence-corrected chi connectivity index (χ3v) is 4.59. The second kappa shape index (κ2) is 6.89. The number of rotatable bonds is 5. The Morgan fingerprint density at radius 1 is 1.46 bits per heavy atom. The first kappa shape index (κ1) is 16.3. The van der Waals surface area contributed by atoms with Crippen molar-refractivity contribution in [3.05, 3.63) is 41.9 Å². The van der Waals surface area contributed by atoms with Crippen LogP contribution < -0.4 is 5.32 Å². The number of imidazole rings is 1. The number of hydrogen-bond acceptors (Lipinski definition) is 5. The summed E-state index contributed by atoms with van der Waals surface area (Å²) in [5.74, 6) is 2.39. The molecule has 0 aliphatic carbocycles. The highest BCUT2D eigenvalue weighted by atomic mass is 16.3. The Morgan fingerprint density at radius 2 is 2.29 bits per heavy atom. The lowest BCUT2D eigenvalue weighted by molar-refractivity contribution is -0.137. The zero-order valence-corrected chi connectivity index (χ0v) is 13.9. The molecule has 1 N–H and O–H groups in total. The van der Waals surface area contributed by atoms with Crippen LogP contribution in [0.5, 0.6) is 0 Å². The fraction of sp³-hybridized carbons (Fsp3) is 0.471. The van der Waals surface area contributed by atoms with Crippen LogP contribution in [0.4, 0.5) is 0 Å². The molecule has 2 aromatic rings. The zero-order chi connectivity index (χ0) is 17.1. The van der Waals surface area contributed by atoms with Crippen molar-refractivity contribution in [3.8, 4) is 6.07 Å². The molecule has 1 saturated heterocycles. The van der Waals surface area contributed by atoms with Crippen LogP contribution in [0, 0.1) is 17.2 Å². The summed E-state index contributed by atoms with van der Waals surface area (Å²) >= 11 is 0. The topological polar surface area (TPSA) is 87.1 Å². The van der Waals surface area contributed by atoms with Crippen LogP contribution in [0.3, 0.4) is 0 Å². The summed E-state index contributed by atoms with van der Waals surface area (Å²) < 4.78 is 7.34. The Kier molecular flexibility index (Phi) is 4.67. The van der Waals surface area contributed by atoms with Gasteiger partial charge in [0.25, 0.3) is 0 Å². The monoisotopic (exact) mass is 327 g/mol. The summed E-state index contributed by atoms with van der Waals surface area (Å²) in [6, 6.07) is 5.41. The molecule has 1 aliphatic heterocycles. The number of furan rings is 1. The van der Waals surface area contributed by atoms with Crippen LogP contribution in [0.2, 0.25) is 0 Å². The van der Waals surface area contributed by atoms with E-state index in [-0.39, 0.29) is 17.9 Å². The summed E-state index contributed by atoms with van der Waals surface area (Å²) in [6.45, 7) is 1.31. The second-order valence-corrected chi connectivity index (χ2v) is 6.15. The summed E-state index contributed by atoms with van der Waals surface area (Å²) in [6.07, 6.45) is 5.05. The molecule has 0 bridgehead atoms. The Hall–Kier alpha value is -2.59. The van der Waals surface area contributed by atoms with Crippen LogP contribution in [-0.4, -0.2) is 34.0 Å². The number of nitrogens with one attached hydrogen (secondary N) is 1. The fourth-order valence-corrected chi connectivity index (χ4v) is 3.29. The fourth-order valence-electron chi connectivity index (χ4n) is 3.29. The number of nitriles is 1. The van der Waals surface area contributed by atoms with Crippen molar-refractivity contribution in [2.24, 2.45) is 13.0 Å². The van der Waals surface area contributed by atoms with Gasteiger partial charge in [0.05, 0.1) is 12.6 Å². The van der Waals surface area contributed by atoms with Gasteiger partial charge < -0.3 is 19.2 Å². The van der Waals surface area contributed by atoms with E-state index in [9.17, 15) is 4.79 Å². The molecule has 3 heterocycles. The molecule has 2 aromatic heterocycles. The molecule has 126 valence electrons. The van der Waals surface area contributed by atoms with Gasteiger partial charge in [0.15, 0.2) is 0 Å². The lowest BCUT2D eigenvalue weighted by Gasteiger charge is -2.38. The van der Waals surface area contributed by atoms with Gasteiger partial charge in [0, 0.05) is 39.5 Å². The van der Waals surface area contributed by atoms with E-state index in [1.54, 1.807) is 23.2 Å². The van der Waals surface area contributed by atoms with Crippen LogP contribution in [0.15, 0.2) is 28.9 Å². The lowest BCUT2D eigenvalue weighted by Crippen LogP contribution is -2.44. The van der Waals surface area contributed by atoms with Gasteiger partial charge in [0.2, 0.25) is 11.7 Å². The highest BCUT2D eigenvalue weighted by Crippen LogP contribution is 2.34. The molecule has 0 saturated carbocycles. The van der Waals surface area contributed by atoms with Gasteiger partial charge in [0.1, 0.15) is 17.7 Å². The van der Waals surface area contributed by atoms with Crippen molar-refractivity contribution in [3.63, 3.8) is 0 Å². The summed E-state index contributed by atoms with van der Waals surface area (Å²) in [7, 11) is 3.80. The highest BCUT2D eigenvalue weighted by molar-refractivity contribution is 5.77. The molecule has 0 aromatic carbocycles. The van der Waals surface area contributed by atoms with Gasteiger partial charge in [-0.3, -0.25) is 4.79 Å². The molecule has 1 aliphatic rings. The van der Waals surface area contributed by atoms with E-state index in [1.807, 2.05) is 30.9 Å². The van der Waals surface area contributed by atoms with E-state index in [4.69, 9.17) is 9.68 Å². The number of nitrogens with zero attached hydrogens (tertiary/aromatic N) is 4. The second-order valence-electron chi connectivity index (χ2n) is 6.15. The molecule has 1 fully saturated rings. The summed E-state index contributed by atoms with van der Waals surface area (Å²) in [5.41, 5.74) is 0. The van der Waals surface area contributed by atoms with E-state index in [2.05, 4.69) is 10.3 Å². The van der Waals surface area contributed by atoms with Crippen molar-refractivity contribution in [1.82, 2.24) is 19.8 Å². The van der Waals surface area contributed by atoms with E-state index in [0.29, 0.717) is 18.7 Å². The minimum atomic E-state index is -0.0370. The zero-order valence-electron chi connectivity index (χ0n) is 13.9. The summed E-state index contributed by atoms with van der Waals surface area (Å²) in [4.78, 5) is 18.4. The third-order valence-electron chi connectivity index (χ3n) is 4.59. The first-order chi connectivity index (χ1) is 11.6. The number of carbonyl (C=O) groups is 1. The van der Waals surface area contributed by atoms with Gasteiger partial charge in [-0.2, -0.15) is 5.26 Å². The normalized spacial score (nSPS) is 21.0. The van der Waals surface area contributed by atoms with Gasteiger partial charge in [-0.15, -0.1) is 0 Å². The van der Waals surface area contributed by atoms with Crippen molar-refractivity contribution >= 4 is 5.91 Å². The molecule has 7 nitrogen and oxygen atoms in total. The minimum Gasteiger partial charge on any atom is -0.449 e. The van der Waals surface area contributed by atoms with E-state index >= 15 is 0 Å². The largest absolute Gasteiger partial charge is 0.449 e. The maximum atomic E-state index is 12.1. The van der Waals surface area contributed by atoms with Crippen LogP contribution in [0.1, 0.15) is 36.2 Å². The molecule has 24 heavy (non-hydrogen) atoms. The molecule has 0 unspecified atom stereocenters. The number of piperidine rings is 1. The predicted octanol–water partition coefficient (Wildman–Crippen LogP) is 1.58. The van der Waals surface area contributed by atoms with E-state index in [1.165, 1.54) is 0 Å². The first-order valence-electron chi connectivity index (χ1n) is 8.02. The molecular formula is C17H21N5O2. The number of carbonyl (C=O) groups excluding carboxylic acids is 1. The third kappa shape index (κ3) is 3.19. The maximum absolute atomic E-state index is 12.1. The number of aromatic nitrogens is 2. The van der Waals surface area contributed by atoms with E-state index in [0.717, 1.165) is 24.6 Å². The summed E-state index contributed by atoms with van der Waals surface area (Å²) in [5, 5.41) is 12.2. The molecule has 0 radical (unpaired) electrons. The number of hydrogen-bond donors (Lipinski definition) is 1. The Labute approximate surface area is 140 Å². The van der Waals surface area contributed by atoms with Gasteiger partial charge >= 0.3 is 0 Å². The first-order valence-corrected chi connectivity index (χ1v) is 8.02. The smallest absolute Gasteiger partial charge is 0.222 e. The molecule has 0 spiro atoms. The number of likely N-dealkylation sites (tertiary alicyclic amines) is 1. The van der Waals surface area contributed by atoms with Crippen molar-refractivity contribution in [2.75, 3.05) is 13.6 Å². The standard InChI is InChI=1S/C17H21N5O2/c1-21-8-7-20-17(21)16-12(3-6-15(23)22(16)2)10-19-11-14-5-4-13(9-18)24-14/h4-5,7-8,12,16,19H,3,6,10-11H2,1-2H3/t12-,16+/m1/s1. The molecule has 1 amide bonds. The Morgan fingerprint density at radius 3 is 2.96 bits per heavy atom. The van der Waals surface area contributed by atoms with E-state index < -0.39 is 0 Å². The molecule has 7 heteroatoms. The molecule has 3 rings (SSSR count).